The zero-order chi connectivity index (χ0) is 18.8. The Hall–Kier alpha value is -2.07. The number of carbonyl (C=O) groups excluding carboxylic acids is 2. The molecule has 0 spiro atoms. The smallest absolute Gasteiger partial charge is 0.243 e. The third kappa shape index (κ3) is 2.42. The van der Waals surface area contributed by atoms with Gasteiger partial charge in [-0.2, -0.15) is 4.31 Å². The fourth-order valence-corrected chi connectivity index (χ4v) is 5.67. The lowest BCUT2D eigenvalue weighted by Crippen LogP contribution is -2.40. The van der Waals surface area contributed by atoms with Gasteiger partial charge in [0, 0.05) is 13.1 Å². The first-order valence-electron chi connectivity index (χ1n) is 8.88. The molecule has 27 heavy (non-hydrogen) atoms. The summed E-state index contributed by atoms with van der Waals surface area (Å²) in [5.41, 5.74) is 0.389. The first kappa shape index (κ1) is 17.1. The molecule has 5 rings (SSSR count). The van der Waals surface area contributed by atoms with Crippen LogP contribution in [-0.4, -0.2) is 63.0 Å². The predicted octanol–water partition coefficient (Wildman–Crippen LogP) is 0.150. The first-order valence-corrected chi connectivity index (χ1v) is 10.3. The van der Waals surface area contributed by atoms with E-state index in [-0.39, 0.29) is 28.9 Å². The van der Waals surface area contributed by atoms with Crippen LogP contribution in [0.2, 0.25) is 0 Å². The molecule has 0 saturated carbocycles. The first-order chi connectivity index (χ1) is 13.0. The molecule has 4 aliphatic heterocycles. The van der Waals surface area contributed by atoms with Gasteiger partial charge >= 0.3 is 0 Å². The topological polar surface area (TPSA) is 93.2 Å². The Labute approximate surface area is 156 Å². The van der Waals surface area contributed by atoms with E-state index >= 15 is 0 Å². The Morgan fingerprint density at radius 2 is 1.44 bits per heavy atom. The number of sulfonamides is 1. The monoisotopic (exact) mass is 390 g/mol. The van der Waals surface area contributed by atoms with Crippen molar-refractivity contribution in [1.29, 1.82) is 0 Å². The maximum absolute atomic E-state index is 12.8. The van der Waals surface area contributed by atoms with Gasteiger partial charge in [-0.15, -0.1) is 0 Å². The van der Waals surface area contributed by atoms with Gasteiger partial charge in [-0.05, 0) is 24.3 Å². The van der Waals surface area contributed by atoms with Gasteiger partial charge in [-0.25, -0.2) is 13.3 Å². The zero-order valence-electron chi connectivity index (χ0n) is 14.4. The molecule has 9 heteroatoms. The summed E-state index contributed by atoms with van der Waals surface area (Å²) in [4.78, 5) is 26.8. The van der Waals surface area contributed by atoms with Crippen molar-refractivity contribution < 1.29 is 27.5 Å². The van der Waals surface area contributed by atoms with Crippen LogP contribution in [0.5, 0.6) is 0 Å². The number of carbonyl (C=O) groups is 2. The van der Waals surface area contributed by atoms with Gasteiger partial charge in [-0.3, -0.25) is 9.59 Å². The van der Waals surface area contributed by atoms with E-state index in [0.717, 1.165) is 4.90 Å². The Bertz CT molecular complexity index is 905. The van der Waals surface area contributed by atoms with E-state index in [1.165, 1.54) is 28.6 Å². The number of amides is 2. The molecule has 4 atom stereocenters. The van der Waals surface area contributed by atoms with Crippen LogP contribution in [0.3, 0.4) is 0 Å². The van der Waals surface area contributed by atoms with E-state index < -0.39 is 21.9 Å². The lowest BCUT2D eigenvalue weighted by Gasteiger charge is -2.26. The summed E-state index contributed by atoms with van der Waals surface area (Å²) in [6, 6.07) is 5.91. The van der Waals surface area contributed by atoms with Gasteiger partial charge in [0.25, 0.3) is 0 Å². The minimum Gasteiger partial charge on any atom is -0.379 e. The largest absolute Gasteiger partial charge is 0.379 e. The number of rotatable bonds is 3. The Balaban J connectivity index is 1.41. The molecule has 4 aliphatic rings. The van der Waals surface area contributed by atoms with Gasteiger partial charge in [0.05, 0.1) is 47.8 Å². The molecule has 1 aromatic carbocycles. The highest BCUT2D eigenvalue weighted by Gasteiger charge is 2.61. The molecule has 0 radical (unpaired) electrons. The SMILES string of the molecule is O=C1[C@@H]2[C@H](C(=O)N1c1ccc(S(=O)(=O)N3CCOCC3)cc1)[C@H]1C=C[C@@H]2O1. The standard InChI is InChI=1S/C18H18N2O6S/c21-17-15-13-5-6-14(26-13)16(15)18(22)20(17)11-1-3-12(4-2-11)27(23,24)19-7-9-25-10-8-19/h1-6,13-16H,7-10H2/t13-,14+,15-,16+. The van der Waals surface area contributed by atoms with Crippen LogP contribution in [0, 0.1) is 11.8 Å². The Morgan fingerprint density at radius 1 is 0.889 bits per heavy atom. The number of anilines is 1. The lowest BCUT2D eigenvalue weighted by molar-refractivity contribution is -0.124. The molecule has 0 aromatic heterocycles. The highest BCUT2D eigenvalue weighted by molar-refractivity contribution is 7.89. The molecule has 0 aliphatic carbocycles. The predicted molar refractivity (Wildman–Crippen MR) is 93.3 cm³/mol. The van der Waals surface area contributed by atoms with Gasteiger partial charge < -0.3 is 9.47 Å². The van der Waals surface area contributed by atoms with Crippen LogP contribution in [0.4, 0.5) is 5.69 Å². The summed E-state index contributed by atoms with van der Waals surface area (Å²) in [6.07, 6.45) is 2.97. The molecule has 0 unspecified atom stereocenters. The average molecular weight is 390 g/mol. The average Bonchev–Trinajstić information content (AvgIpc) is 3.36. The quantitative estimate of drug-likeness (QED) is 0.539. The summed E-state index contributed by atoms with van der Waals surface area (Å²) in [5.74, 6) is -1.54. The second kappa shape index (κ2) is 5.96. The maximum atomic E-state index is 12.8. The van der Waals surface area contributed by atoms with E-state index in [2.05, 4.69) is 0 Å². The highest BCUT2D eigenvalue weighted by atomic mass is 32.2. The zero-order valence-corrected chi connectivity index (χ0v) is 15.2. The molecule has 4 heterocycles. The van der Waals surface area contributed by atoms with E-state index in [1.54, 1.807) is 0 Å². The highest BCUT2D eigenvalue weighted by Crippen LogP contribution is 2.46. The summed E-state index contributed by atoms with van der Waals surface area (Å²) >= 11 is 0. The van der Waals surface area contributed by atoms with Gasteiger partial charge in [0.15, 0.2) is 0 Å². The number of imide groups is 1. The maximum Gasteiger partial charge on any atom is 0.243 e. The van der Waals surface area contributed by atoms with Crippen LogP contribution in [0.1, 0.15) is 0 Å². The van der Waals surface area contributed by atoms with Crippen molar-refractivity contribution in [2.75, 3.05) is 31.2 Å². The van der Waals surface area contributed by atoms with Crippen molar-refractivity contribution in [2.24, 2.45) is 11.8 Å². The molecule has 3 saturated heterocycles. The number of morpholine rings is 1. The Morgan fingerprint density at radius 3 is 2.00 bits per heavy atom. The van der Waals surface area contributed by atoms with Crippen molar-refractivity contribution in [3.63, 3.8) is 0 Å². The van der Waals surface area contributed by atoms with Crippen molar-refractivity contribution in [2.45, 2.75) is 17.1 Å². The molecule has 8 nitrogen and oxygen atoms in total. The van der Waals surface area contributed by atoms with E-state index in [1.807, 2.05) is 12.2 Å². The van der Waals surface area contributed by atoms with Crippen molar-refractivity contribution in [3.8, 4) is 0 Å². The van der Waals surface area contributed by atoms with Gasteiger partial charge in [0.1, 0.15) is 0 Å². The number of ether oxygens (including phenoxy) is 2. The molecule has 2 bridgehead atoms. The minimum atomic E-state index is -3.62. The van der Waals surface area contributed by atoms with Crippen LogP contribution in [-0.2, 0) is 29.1 Å². The van der Waals surface area contributed by atoms with Crippen LogP contribution in [0.15, 0.2) is 41.3 Å². The normalized spacial score (nSPS) is 33.1. The molecule has 3 fully saturated rings. The summed E-state index contributed by atoms with van der Waals surface area (Å²) in [6.45, 7) is 1.36. The summed E-state index contributed by atoms with van der Waals surface area (Å²) < 4.78 is 37.6. The molecule has 1 aromatic rings. The molecular formula is C18H18N2O6S. The third-order valence-electron chi connectivity index (χ3n) is 5.61. The Kier molecular flexibility index (Phi) is 3.77. The fraction of sp³-hybridized carbons (Fsp3) is 0.444. The third-order valence-corrected chi connectivity index (χ3v) is 7.53. The van der Waals surface area contributed by atoms with E-state index in [9.17, 15) is 18.0 Å². The number of nitrogens with zero attached hydrogens (tertiary/aromatic N) is 2. The number of fused-ring (bicyclic) bond motifs is 5. The molecule has 142 valence electrons. The number of hydrogen-bond acceptors (Lipinski definition) is 6. The molecule has 0 N–H and O–H groups in total. The minimum absolute atomic E-state index is 0.137. The molecule has 2 amide bonds. The number of hydrogen-bond donors (Lipinski definition) is 0. The summed E-state index contributed by atoms with van der Waals surface area (Å²) in [5, 5.41) is 0. The van der Waals surface area contributed by atoms with E-state index in [0.29, 0.717) is 32.0 Å². The second-order valence-corrected chi connectivity index (χ2v) is 8.96. The van der Waals surface area contributed by atoms with Crippen LogP contribution >= 0.6 is 0 Å². The fourth-order valence-electron chi connectivity index (χ4n) is 4.26. The van der Waals surface area contributed by atoms with Crippen molar-refractivity contribution in [3.05, 3.63) is 36.4 Å². The van der Waals surface area contributed by atoms with Crippen LogP contribution < -0.4 is 4.90 Å². The van der Waals surface area contributed by atoms with Crippen molar-refractivity contribution in [1.82, 2.24) is 4.31 Å². The second-order valence-electron chi connectivity index (χ2n) is 7.02. The summed E-state index contributed by atoms with van der Waals surface area (Å²) in [7, 11) is -3.62. The van der Waals surface area contributed by atoms with Gasteiger partial charge in [0.2, 0.25) is 21.8 Å². The van der Waals surface area contributed by atoms with Crippen molar-refractivity contribution >= 4 is 27.5 Å². The lowest BCUT2D eigenvalue weighted by atomic mass is 9.85. The number of benzene rings is 1. The van der Waals surface area contributed by atoms with Gasteiger partial charge in [-0.1, -0.05) is 12.2 Å². The molecular weight excluding hydrogens is 372 g/mol. The van der Waals surface area contributed by atoms with E-state index in [4.69, 9.17) is 9.47 Å². The van der Waals surface area contributed by atoms with Crippen LogP contribution in [0.25, 0.3) is 0 Å².